The Bertz CT molecular complexity index is 262. The summed E-state index contributed by atoms with van der Waals surface area (Å²) in [5, 5.41) is 14.3. The highest BCUT2D eigenvalue weighted by Gasteiger charge is 2.24. The van der Waals surface area contributed by atoms with E-state index >= 15 is 0 Å². The predicted molar refractivity (Wildman–Crippen MR) is 64.3 cm³/mol. The second-order valence-corrected chi connectivity index (χ2v) is 4.86. The molecule has 0 aromatic rings. The average Bonchev–Trinajstić information content (AvgIpc) is 2.25. The van der Waals surface area contributed by atoms with Crippen LogP contribution in [0.15, 0.2) is 5.16 Å². The zero-order chi connectivity index (χ0) is 12.8. The van der Waals surface area contributed by atoms with E-state index in [0.717, 1.165) is 6.42 Å². The maximum atomic E-state index is 11.5. The summed E-state index contributed by atoms with van der Waals surface area (Å²) >= 11 is 0. The molecule has 16 heavy (non-hydrogen) atoms. The Balaban J connectivity index is 4.10. The molecule has 0 saturated carbocycles. The molecule has 0 saturated heterocycles. The van der Waals surface area contributed by atoms with Gasteiger partial charge in [-0.3, -0.25) is 4.79 Å². The van der Waals surface area contributed by atoms with Gasteiger partial charge in [0, 0.05) is 18.4 Å². The normalized spacial score (nSPS) is 14.6. The number of hydrogen-bond donors (Lipinski definition) is 3. The first kappa shape index (κ1) is 14.7. The number of amides is 1. The van der Waals surface area contributed by atoms with Gasteiger partial charge in [-0.15, -0.1) is 0 Å². The number of hydrogen-bond acceptors (Lipinski definition) is 3. The topological polar surface area (TPSA) is 87.7 Å². The largest absolute Gasteiger partial charge is 0.409 e. The molecule has 1 atom stereocenters. The molecule has 0 aliphatic carbocycles. The Morgan fingerprint density at radius 3 is 2.56 bits per heavy atom. The monoisotopic (exact) mass is 229 g/mol. The molecule has 0 aromatic heterocycles. The van der Waals surface area contributed by atoms with Crippen LogP contribution in [-0.4, -0.2) is 23.5 Å². The average molecular weight is 229 g/mol. The van der Waals surface area contributed by atoms with E-state index in [1.807, 2.05) is 20.8 Å². The highest BCUT2D eigenvalue weighted by Crippen LogP contribution is 2.14. The second kappa shape index (κ2) is 6.35. The fraction of sp³-hybridized carbons (Fsp3) is 0.818. The lowest BCUT2D eigenvalue weighted by molar-refractivity contribution is -0.122. The Kier molecular flexibility index (Phi) is 5.85. The molecule has 1 unspecified atom stereocenters. The van der Waals surface area contributed by atoms with Crippen LogP contribution in [0.25, 0.3) is 0 Å². The molecule has 1 amide bonds. The lowest BCUT2D eigenvalue weighted by Gasteiger charge is -2.23. The summed E-state index contributed by atoms with van der Waals surface area (Å²) in [7, 11) is 0. The molecule has 0 aliphatic heterocycles. The quantitative estimate of drug-likeness (QED) is 0.278. The van der Waals surface area contributed by atoms with E-state index in [4.69, 9.17) is 10.9 Å². The maximum Gasteiger partial charge on any atom is 0.220 e. The van der Waals surface area contributed by atoms with E-state index in [1.54, 1.807) is 0 Å². The first-order valence-corrected chi connectivity index (χ1v) is 5.58. The van der Waals surface area contributed by atoms with Crippen LogP contribution >= 0.6 is 0 Å². The summed E-state index contributed by atoms with van der Waals surface area (Å²) in [5.41, 5.74) is 4.99. The minimum Gasteiger partial charge on any atom is -0.409 e. The number of oxime groups is 1. The molecule has 0 rings (SSSR count). The molecule has 0 spiro atoms. The minimum atomic E-state index is -0.528. The molecule has 0 radical (unpaired) electrons. The van der Waals surface area contributed by atoms with Gasteiger partial charge >= 0.3 is 0 Å². The molecule has 0 bridgehead atoms. The van der Waals surface area contributed by atoms with Gasteiger partial charge in [-0.1, -0.05) is 39.3 Å². The second-order valence-electron chi connectivity index (χ2n) is 4.86. The minimum absolute atomic E-state index is 0.00756. The van der Waals surface area contributed by atoms with Crippen molar-refractivity contribution in [2.24, 2.45) is 22.2 Å². The zero-order valence-corrected chi connectivity index (χ0v) is 10.6. The zero-order valence-electron chi connectivity index (χ0n) is 10.6. The van der Waals surface area contributed by atoms with E-state index in [-0.39, 0.29) is 11.7 Å². The van der Waals surface area contributed by atoms with E-state index in [1.165, 1.54) is 0 Å². The van der Waals surface area contributed by atoms with Crippen molar-refractivity contribution in [3.8, 4) is 0 Å². The predicted octanol–water partition coefficient (Wildman–Crippen LogP) is 1.31. The van der Waals surface area contributed by atoms with Gasteiger partial charge < -0.3 is 16.3 Å². The molecule has 5 nitrogen and oxygen atoms in total. The SMILES string of the molecule is CCC(C)CC(=O)NCC(C)(C)C(N)=NO. The van der Waals surface area contributed by atoms with E-state index in [9.17, 15) is 4.79 Å². The van der Waals surface area contributed by atoms with Crippen molar-refractivity contribution in [2.45, 2.75) is 40.5 Å². The van der Waals surface area contributed by atoms with E-state index in [0.29, 0.717) is 18.9 Å². The van der Waals surface area contributed by atoms with Gasteiger partial charge in [0.1, 0.15) is 5.84 Å². The molecule has 0 aromatic carbocycles. The summed E-state index contributed by atoms with van der Waals surface area (Å²) in [4.78, 5) is 11.5. The lowest BCUT2D eigenvalue weighted by atomic mass is 9.92. The number of rotatable bonds is 6. The first-order valence-electron chi connectivity index (χ1n) is 5.58. The Morgan fingerprint density at radius 2 is 2.12 bits per heavy atom. The smallest absolute Gasteiger partial charge is 0.220 e. The van der Waals surface area contributed by atoms with Crippen molar-refractivity contribution in [1.82, 2.24) is 5.32 Å². The van der Waals surface area contributed by atoms with E-state index < -0.39 is 5.41 Å². The highest BCUT2D eigenvalue weighted by atomic mass is 16.4. The van der Waals surface area contributed by atoms with Crippen LogP contribution in [0.4, 0.5) is 0 Å². The van der Waals surface area contributed by atoms with Crippen molar-refractivity contribution >= 4 is 11.7 Å². The van der Waals surface area contributed by atoms with Crippen molar-refractivity contribution in [3.05, 3.63) is 0 Å². The van der Waals surface area contributed by atoms with Crippen LogP contribution < -0.4 is 11.1 Å². The van der Waals surface area contributed by atoms with Gasteiger partial charge in [-0.25, -0.2) is 0 Å². The molecule has 0 fully saturated rings. The molecule has 5 heteroatoms. The fourth-order valence-corrected chi connectivity index (χ4v) is 1.08. The Morgan fingerprint density at radius 1 is 1.56 bits per heavy atom. The Labute approximate surface area is 97.1 Å². The number of carbonyl (C=O) groups is 1. The fourth-order valence-electron chi connectivity index (χ4n) is 1.08. The summed E-state index contributed by atoms with van der Waals surface area (Å²) in [6.07, 6.45) is 1.50. The van der Waals surface area contributed by atoms with Crippen molar-refractivity contribution in [3.63, 3.8) is 0 Å². The third-order valence-electron chi connectivity index (χ3n) is 2.76. The first-order chi connectivity index (χ1) is 7.33. The van der Waals surface area contributed by atoms with Crippen molar-refractivity contribution in [1.29, 1.82) is 0 Å². The number of nitrogens with one attached hydrogen (secondary N) is 1. The standard InChI is InChI=1S/C11H23N3O2/c1-5-8(2)6-9(15)13-7-11(3,4)10(12)14-16/h8,16H,5-7H2,1-4H3,(H2,12,14)(H,13,15). The summed E-state index contributed by atoms with van der Waals surface area (Å²) in [6.45, 7) is 8.09. The van der Waals surface area contributed by atoms with Gasteiger partial charge in [-0.2, -0.15) is 0 Å². The number of carbonyl (C=O) groups excluding carboxylic acids is 1. The van der Waals surface area contributed by atoms with Crippen molar-refractivity contribution < 1.29 is 10.0 Å². The summed E-state index contributed by atoms with van der Waals surface area (Å²) in [5.74, 6) is 0.511. The summed E-state index contributed by atoms with van der Waals surface area (Å²) < 4.78 is 0. The van der Waals surface area contributed by atoms with Gasteiger partial charge in [0.05, 0.1) is 0 Å². The number of nitrogens with two attached hydrogens (primary N) is 1. The van der Waals surface area contributed by atoms with Crippen LogP contribution in [0, 0.1) is 11.3 Å². The molecule has 0 aliphatic rings. The van der Waals surface area contributed by atoms with Crippen LogP contribution in [0.1, 0.15) is 40.5 Å². The van der Waals surface area contributed by atoms with Gasteiger partial charge in [0.25, 0.3) is 0 Å². The van der Waals surface area contributed by atoms with Crippen LogP contribution in [0.2, 0.25) is 0 Å². The van der Waals surface area contributed by atoms with Crippen molar-refractivity contribution in [2.75, 3.05) is 6.54 Å². The van der Waals surface area contributed by atoms with Gasteiger partial charge in [-0.05, 0) is 5.92 Å². The Hall–Kier alpha value is -1.26. The van der Waals surface area contributed by atoms with Gasteiger partial charge in [0.2, 0.25) is 5.91 Å². The highest BCUT2D eigenvalue weighted by molar-refractivity contribution is 5.86. The molecule has 4 N–H and O–H groups in total. The third-order valence-corrected chi connectivity index (χ3v) is 2.76. The molecule has 0 heterocycles. The molecular weight excluding hydrogens is 206 g/mol. The molecular formula is C11H23N3O2. The van der Waals surface area contributed by atoms with Crippen LogP contribution in [-0.2, 0) is 4.79 Å². The maximum absolute atomic E-state index is 11.5. The number of nitrogens with zero attached hydrogens (tertiary/aromatic N) is 1. The number of amidine groups is 1. The third kappa shape index (κ3) is 5.00. The molecule has 94 valence electrons. The lowest BCUT2D eigenvalue weighted by Crippen LogP contribution is -2.42. The summed E-state index contributed by atoms with van der Waals surface area (Å²) in [6, 6.07) is 0. The van der Waals surface area contributed by atoms with E-state index in [2.05, 4.69) is 17.4 Å². The van der Waals surface area contributed by atoms with Crippen LogP contribution in [0.5, 0.6) is 0 Å². The van der Waals surface area contributed by atoms with Gasteiger partial charge in [0.15, 0.2) is 0 Å². The van der Waals surface area contributed by atoms with Crippen LogP contribution in [0.3, 0.4) is 0 Å².